The molecule has 0 saturated heterocycles. The number of benzene rings is 6. The Morgan fingerprint density at radius 3 is 2.17 bits per heavy atom. The molecule has 6 aromatic carbocycles. The van der Waals surface area contributed by atoms with E-state index in [1.54, 1.807) is 0 Å². The minimum atomic E-state index is 0.903. The highest BCUT2D eigenvalue weighted by Gasteiger charge is 2.12. The summed E-state index contributed by atoms with van der Waals surface area (Å²) in [6, 6.07) is 38.0. The molecule has 2 N–H and O–H groups in total. The van der Waals surface area contributed by atoms with E-state index in [0.717, 1.165) is 6.42 Å². The first-order valence-corrected chi connectivity index (χ1v) is 12.6. The van der Waals surface area contributed by atoms with E-state index in [9.17, 15) is 0 Å². The molecule has 0 aliphatic carbocycles. The van der Waals surface area contributed by atoms with Crippen molar-refractivity contribution in [3.63, 3.8) is 0 Å². The van der Waals surface area contributed by atoms with Crippen molar-refractivity contribution in [3.8, 4) is 0 Å². The van der Waals surface area contributed by atoms with E-state index < -0.39 is 0 Å². The molecule has 0 aliphatic heterocycles. The number of H-pyrrole nitrogens is 2. The topological polar surface area (TPSA) is 31.6 Å². The highest BCUT2D eigenvalue weighted by atomic mass is 14.7. The van der Waals surface area contributed by atoms with Crippen molar-refractivity contribution < 1.29 is 0 Å². The van der Waals surface area contributed by atoms with Crippen molar-refractivity contribution in [1.82, 2.24) is 9.97 Å². The number of aromatic amines is 2. The molecule has 2 heterocycles. The maximum absolute atomic E-state index is 3.63. The molecule has 0 bridgehead atoms. The Balaban J connectivity index is 1.29. The Morgan fingerprint density at radius 2 is 1.25 bits per heavy atom. The lowest BCUT2D eigenvalue weighted by molar-refractivity contribution is 1.22. The quantitative estimate of drug-likeness (QED) is 0.258. The minimum absolute atomic E-state index is 0.903. The third kappa shape index (κ3) is 2.85. The summed E-state index contributed by atoms with van der Waals surface area (Å²) >= 11 is 0. The molecule has 170 valence electrons. The molecule has 0 aliphatic rings. The van der Waals surface area contributed by atoms with Crippen LogP contribution in [-0.4, -0.2) is 9.97 Å². The fourth-order valence-corrected chi connectivity index (χ4v) is 6.06. The molecule has 0 fully saturated rings. The monoisotopic (exact) mass is 460 g/mol. The maximum Gasteiger partial charge on any atom is 0.0471 e. The molecule has 0 unspecified atom stereocenters. The van der Waals surface area contributed by atoms with E-state index in [1.165, 1.54) is 81.8 Å². The van der Waals surface area contributed by atoms with Crippen molar-refractivity contribution >= 4 is 65.2 Å². The lowest BCUT2D eigenvalue weighted by Gasteiger charge is -2.09. The molecule has 8 aromatic rings. The first-order valence-electron chi connectivity index (χ1n) is 12.6. The van der Waals surface area contributed by atoms with E-state index >= 15 is 0 Å². The van der Waals surface area contributed by atoms with Crippen LogP contribution in [0.25, 0.3) is 65.2 Å². The Kier molecular flexibility index (Phi) is 3.96. The molecule has 0 radical (unpaired) electrons. The van der Waals surface area contributed by atoms with Gasteiger partial charge in [-0.05, 0) is 88.5 Å². The van der Waals surface area contributed by atoms with Crippen LogP contribution < -0.4 is 0 Å². The second kappa shape index (κ2) is 7.22. The summed E-state index contributed by atoms with van der Waals surface area (Å²) in [6.45, 7) is 2.17. The summed E-state index contributed by atoms with van der Waals surface area (Å²) in [5.74, 6) is 0. The van der Waals surface area contributed by atoms with Crippen molar-refractivity contribution in [1.29, 1.82) is 0 Å². The van der Waals surface area contributed by atoms with Gasteiger partial charge in [-0.25, -0.2) is 0 Å². The maximum atomic E-state index is 3.63. The summed E-state index contributed by atoms with van der Waals surface area (Å²) in [5, 5.41) is 10.4. The first-order chi connectivity index (χ1) is 17.7. The van der Waals surface area contributed by atoms with Crippen LogP contribution >= 0.6 is 0 Å². The number of rotatable bonds is 2. The van der Waals surface area contributed by atoms with Gasteiger partial charge in [0.2, 0.25) is 0 Å². The summed E-state index contributed by atoms with van der Waals surface area (Å²) in [6.07, 6.45) is 0.903. The van der Waals surface area contributed by atoms with Crippen LogP contribution in [0.2, 0.25) is 0 Å². The molecule has 0 amide bonds. The second-order valence-corrected chi connectivity index (χ2v) is 10.1. The molecule has 0 atom stereocenters. The first kappa shape index (κ1) is 19.7. The molecule has 0 spiro atoms. The van der Waals surface area contributed by atoms with Crippen LogP contribution in [0.5, 0.6) is 0 Å². The van der Waals surface area contributed by atoms with Crippen molar-refractivity contribution in [2.24, 2.45) is 0 Å². The predicted octanol–water partition coefficient (Wildman–Crippen LogP) is 9.16. The van der Waals surface area contributed by atoms with Gasteiger partial charge in [0, 0.05) is 43.6 Å². The zero-order valence-electron chi connectivity index (χ0n) is 20.0. The lowest BCUT2D eigenvalue weighted by Crippen LogP contribution is -1.90. The fourth-order valence-electron chi connectivity index (χ4n) is 6.06. The lowest BCUT2D eigenvalue weighted by atomic mass is 9.95. The number of aryl methyl sites for hydroxylation is 1. The van der Waals surface area contributed by atoms with Crippen molar-refractivity contribution in [2.75, 3.05) is 0 Å². The second-order valence-electron chi connectivity index (χ2n) is 10.1. The Hall–Kier alpha value is -4.56. The van der Waals surface area contributed by atoms with Gasteiger partial charge in [0.1, 0.15) is 0 Å². The fraction of sp³-hybridized carbons (Fsp3) is 0.0588. The van der Waals surface area contributed by atoms with Gasteiger partial charge < -0.3 is 9.97 Å². The van der Waals surface area contributed by atoms with Gasteiger partial charge in [0.25, 0.3) is 0 Å². The van der Waals surface area contributed by atoms with Crippen LogP contribution in [-0.2, 0) is 6.42 Å². The molecule has 36 heavy (non-hydrogen) atoms. The zero-order valence-corrected chi connectivity index (χ0v) is 20.0. The van der Waals surface area contributed by atoms with Crippen molar-refractivity contribution in [2.45, 2.75) is 13.3 Å². The molecular formula is C34H24N2. The number of aromatic nitrogens is 2. The Morgan fingerprint density at radius 1 is 0.500 bits per heavy atom. The van der Waals surface area contributed by atoms with E-state index in [0.29, 0.717) is 0 Å². The summed E-state index contributed by atoms with van der Waals surface area (Å²) in [4.78, 5) is 7.24. The molecular weight excluding hydrogens is 436 g/mol. The van der Waals surface area contributed by atoms with Crippen LogP contribution in [0.1, 0.15) is 16.7 Å². The van der Waals surface area contributed by atoms with Gasteiger partial charge in [-0.15, -0.1) is 0 Å². The molecule has 2 aromatic heterocycles. The molecule has 2 nitrogen and oxygen atoms in total. The van der Waals surface area contributed by atoms with Gasteiger partial charge in [-0.1, -0.05) is 66.2 Å². The largest absolute Gasteiger partial charge is 0.354 e. The predicted molar refractivity (Wildman–Crippen MR) is 154 cm³/mol. The Bertz CT molecular complexity index is 2140. The highest BCUT2D eigenvalue weighted by Crippen LogP contribution is 2.35. The standard InChI is InChI=1S/C34H24N2/c1-20-9-12-31-29(15-20)34-26-8-4-7-24(25(26)11-14-32(34)35-31)16-21-10-13-30-27(17-21)28-18-22-5-2-3-6-23(22)19-33(28)36-30/h2-15,17-19,35-36H,16H2,1H3. The van der Waals surface area contributed by atoms with Crippen LogP contribution in [0.3, 0.4) is 0 Å². The van der Waals surface area contributed by atoms with Gasteiger partial charge in [-0.3, -0.25) is 0 Å². The summed E-state index contributed by atoms with van der Waals surface area (Å²) in [5.41, 5.74) is 8.77. The van der Waals surface area contributed by atoms with Gasteiger partial charge in [0.05, 0.1) is 0 Å². The molecule has 8 rings (SSSR count). The van der Waals surface area contributed by atoms with Gasteiger partial charge in [-0.2, -0.15) is 0 Å². The normalized spacial score (nSPS) is 12.1. The number of nitrogens with one attached hydrogen (secondary N) is 2. The van der Waals surface area contributed by atoms with Crippen molar-refractivity contribution in [3.05, 3.63) is 120 Å². The van der Waals surface area contributed by atoms with E-state index in [4.69, 9.17) is 0 Å². The van der Waals surface area contributed by atoms with Crippen LogP contribution in [0, 0.1) is 6.92 Å². The number of hydrogen-bond donors (Lipinski definition) is 2. The smallest absolute Gasteiger partial charge is 0.0471 e. The van der Waals surface area contributed by atoms with E-state index in [-0.39, 0.29) is 0 Å². The van der Waals surface area contributed by atoms with Crippen LogP contribution in [0.4, 0.5) is 0 Å². The average molecular weight is 461 g/mol. The number of fused-ring (bicyclic) bond motifs is 9. The summed E-state index contributed by atoms with van der Waals surface area (Å²) < 4.78 is 0. The Labute approximate surface area is 208 Å². The average Bonchev–Trinajstić information content (AvgIpc) is 3.45. The third-order valence-electron chi connectivity index (χ3n) is 7.79. The van der Waals surface area contributed by atoms with Crippen LogP contribution in [0.15, 0.2) is 103 Å². The van der Waals surface area contributed by atoms with E-state index in [2.05, 4.69) is 120 Å². The minimum Gasteiger partial charge on any atom is -0.354 e. The molecule has 2 heteroatoms. The SMILES string of the molecule is Cc1ccc2[nH]c3ccc4c(Cc5ccc6[nH]c7cc8ccccc8cc7c6c5)cccc4c3c2c1. The van der Waals surface area contributed by atoms with Gasteiger partial charge >= 0.3 is 0 Å². The number of hydrogen-bond acceptors (Lipinski definition) is 0. The highest BCUT2D eigenvalue weighted by molar-refractivity contribution is 6.20. The van der Waals surface area contributed by atoms with Gasteiger partial charge in [0.15, 0.2) is 0 Å². The van der Waals surface area contributed by atoms with E-state index in [1.807, 2.05) is 0 Å². The summed E-state index contributed by atoms with van der Waals surface area (Å²) in [7, 11) is 0. The third-order valence-corrected chi connectivity index (χ3v) is 7.79. The zero-order chi connectivity index (χ0) is 23.8. The molecule has 0 saturated carbocycles.